The van der Waals surface area contributed by atoms with E-state index in [4.69, 9.17) is 4.74 Å². The topological polar surface area (TPSA) is 70.2 Å². The van der Waals surface area contributed by atoms with Crippen LogP contribution in [0.3, 0.4) is 0 Å². The Hall–Kier alpha value is -1.56. The molecule has 2 heterocycles. The van der Waals surface area contributed by atoms with Crippen LogP contribution < -0.4 is 5.32 Å². The van der Waals surface area contributed by atoms with Crippen LogP contribution in [0.5, 0.6) is 0 Å². The lowest BCUT2D eigenvalue weighted by Crippen LogP contribution is -2.48. The predicted molar refractivity (Wildman–Crippen MR) is 90.1 cm³/mol. The van der Waals surface area contributed by atoms with Crippen molar-refractivity contribution in [1.29, 1.82) is 0 Å². The molecule has 23 heavy (non-hydrogen) atoms. The Kier molecular flexibility index (Phi) is 6.04. The van der Waals surface area contributed by atoms with Crippen LogP contribution in [-0.2, 0) is 11.3 Å². The standard InChI is InChI=1S/C17H30N4O2/c1-13(20-12-15-18-8-9-19-15)11-14-7-5-6-10-21(14)16(22)23-17(2,3)4/h8-9,13-14,20H,5-7,10-12H2,1-4H3,(H,18,19). The highest BCUT2D eigenvalue weighted by Crippen LogP contribution is 2.23. The Balaban J connectivity index is 1.86. The number of carbonyl (C=O) groups is 1. The van der Waals surface area contributed by atoms with E-state index in [1.807, 2.05) is 31.9 Å². The molecule has 6 nitrogen and oxygen atoms in total. The van der Waals surface area contributed by atoms with Gasteiger partial charge < -0.3 is 19.9 Å². The summed E-state index contributed by atoms with van der Waals surface area (Å²) in [6.45, 7) is 9.41. The second-order valence-corrected chi connectivity index (χ2v) is 7.38. The molecule has 1 fully saturated rings. The van der Waals surface area contributed by atoms with Crippen molar-refractivity contribution >= 4 is 6.09 Å². The number of amides is 1. The minimum atomic E-state index is -0.442. The summed E-state index contributed by atoms with van der Waals surface area (Å²) < 4.78 is 5.56. The average Bonchev–Trinajstić information content (AvgIpc) is 2.97. The summed E-state index contributed by atoms with van der Waals surface area (Å²) in [5.41, 5.74) is -0.442. The van der Waals surface area contributed by atoms with Crippen LogP contribution in [0.25, 0.3) is 0 Å². The van der Waals surface area contributed by atoms with Crippen LogP contribution in [0.1, 0.15) is 59.2 Å². The Morgan fingerprint density at radius 3 is 2.96 bits per heavy atom. The van der Waals surface area contributed by atoms with E-state index in [-0.39, 0.29) is 12.1 Å². The van der Waals surface area contributed by atoms with Gasteiger partial charge in [-0.05, 0) is 53.4 Å². The molecule has 1 aliphatic rings. The van der Waals surface area contributed by atoms with Crippen LogP contribution in [0.15, 0.2) is 12.4 Å². The van der Waals surface area contributed by atoms with Gasteiger partial charge >= 0.3 is 6.09 Å². The first-order chi connectivity index (χ1) is 10.8. The molecule has 0 spiro atoms. The molecule has 2 N–H and O–H groups in total. The predicted octanol–water partition coefficient (Wildman–Crippen LogP) is 3.07. The lowest BCUT2D eigenvalue weighted by atomic mass is 9.96. The van der Waals surface area contributed by atoms with E-state index in [0.717, 1.165) is 31.6 Å². The Bertz CT molecular complexity index is 481. The van der Waals surface area contributed by atoms with Crippen LogP contribution >= 0.6 is 0 Å². The highest BCUT2D eigenvalue weighted by atomic mass is 16.6. The van der Waals surface area contributed by atoms with E-state index in [2.05, 4.69) is 22.2 Å². The maximum Gasteiger partial charge on any atom is 0.410 e. The smallest absolute Gasteiger partial charge is 0.410 e. The van der Waals surface area contributed by atoms with Crippen molar-refractivity contribution in [3.05, 3.63) is 18.2 Å². The second kappa shape index (κ2) is 7.81. The van der Waals surface area contributed by atoms with Crippen molar-refractivity contribution in [2.24, 2.45) is 0 Å². The number of piperidine rings is 1. The van der Waals surface area contributed by atoms with E-state index in [9.17, 15) is 4.79 Å². The minimum absolute atomic E-state index is 0.180. The van der Waals surface area contributed by atoms with Crippen molar-refractivity contribution in [3.63, 3.8) is 0 Å². The maximum absolute atomic E-state index is 12.4. The number of ether oxygens (including phenoxy) is 1. The van der Waals surface area contributed by atoms with Crippen molar-refractivity contribution in [2.75, 3.05) is 6.54 Å². The van der Waals surface area contributed by atoms with Gasteiger partial charge in [-0.25, -0.2) is 9.78 Å². The molecule has 0 aromatic carbocycles. The summed E-state index contributed by atoms with van der Waals surface area (Å²) in [5, 5.41) is 3.47. The van der Waals surface area contributed by atoms with Crippen molar-refractivity contribution < 1.29 is 9.53 Å². The summed E-state index contributed by atoms with van der Waals surface area (Å²) in [7, 11) is 0. The molecule has 2 unspecified atom stereocenters. The molecule has 0 saturated carbocycles. The van der Waals surface area contributed by atoms with E-state index < -0.39 is 5.60 Å². The molecule has 1 aliphatic heterocycles. The number of nitrogens with zero attached hydrogens (tertiary/aromatic N) is 2. The summed E-state index contributed by atoms with van der Waals surface area (Å²) in [5.74, 6) is 0.935. The fourth-order valence-electron chi connectivity index (χ4n) is 2.96. The fourth-order valence-corrected chi connectivity index (χ4v) is 2.96. The largest absolute Gasteiger partial charge is 0.444 e. The molecule has 1 amide bonds. The van der Waals surface area contributed by atoms with Crippen molar-refractivity contribution in [3.8, 4) is 0 Å². The third kappa shape index (κ3) is 5.86. The molecule has 1 saturated heterocycles. The van der Waals surface area contributed by atoms with Crippen LogP contribution in [0.4, 0.5) is 4.79 Å². The third-order valence-electron chi connectivity index (χ3n) is 4.05. The lowest BCUT2D eigenvalue weighted by Gasteiger charge is -2.38. The zero-order valence-electron chi connectivity index (χ0n) is 14.8. The van der Waals surface area contributed by atoms with Gasteiger partial charge in [-0.1, -0.05) is 0 Å². The second-order valence-electron chi connectivity index (χ2n) is 7.38. The van der Waals surface area contributed by atoms with Crippen LogP contribution in [0, 0.1) is 0 Å². The molecular weight excluding hydrogens is 292 g/mol. The number of hydrogen-bond acceptors (Lipinski definition) is 4. The van der Waals surface area contributed by atoms with Gasteiger partial charge in [0.1, 0.15) is 11.4 Å². The number of likely N-dealkylation sites (tertiary alicyclic amines) is 1. The summed E-state index contributed by atoms with van der Waals surface area (Å²) >= 11 is 0. The highest BCUT2D eigenvalue weighted by Gasteiger charge is 2.31. The quantitative estimate of drug-likeness (QED) is 0.874. The first-order valence-electron chi connectivity index (χ1n) is 8.56. The fraction of sp³-hybridized carbons (Fsp3) is 0.765. The van der Waals surface area contributed by atoms with Gasteiger partial charge in [0.2, 0.25) is 0 Å². The van der Waals surface area contributed by atoms with Gasteiger partial charge in [0.15, 0.2) is 0 Å². The number of rotatable bonds is 5. The first kappa shape index (κ1) is 17.8. The SMILES string of the molecule is CC(CC1CCCCN1C(=O)OC(C)(C)C)NCc1ncc[nH]1. The molecule has 0 radical (unpaired) electrons. The number of carbonyl (C=O) groups excluding carboxylic acids is 1. The molecule has 2 atom stereocenters. The van der Waals surface area contributed by atoms with Gasteiger partial charge in [0.25, 0.3) is 0 Å². The van der Waals surface area contributed by atoms with Crippen molar-refractivity contribution in [2.45, 2.75) is 77.6 Å². The highest BCUT2D eigenvalue weighted by molar-refractivity contribution is 5.68. The van der Waals surface area contributed by atoms with Crippen LogP contribution in [0.2, 0.25) is 0 Å². The average molecular weight is 322 g/mol. The Morgan fingerprint density at radius 2 is 2.30 bits per heavy atom. The number of H-pyrrole nitrogens is 1. The van der Waals surface area contributed by atoms with Gasteiger partial charge in [-0.2, -0.15) is 0 Å². The summed E-state index contributed by atoms with van der Waals surface area (Å²) in [6.07, 6.45) is 7.62. The normalized spacial score (nSPS) is 20.3. The molecule has 6 heteroatoms. The Labute approximate surface area is 139 Å². The van der Waals surface area contributed by atoms with E-state index in [1.165, 1.54) is 6.42 Å². The summed E-state index contributed by atoms with van der Waals surface area (Å²) in [4.78, 5) is 21.6. The Morgan fingerprint density at radius 1 is 1.52 bits per heavy atom. The zero-order valence-corrected chi connectivity index (χ0v) is 14.8. The number of aromatic amines is 1. The molecule has 1 aromatic heterocycles. The minimum Gasteiger partial charge on any atom is -0.444 e. The van der Waals surface area contributed by atoms with Gasteiger partial charge in [0, 0.05) is 31.0 Å². The number of aromatic nitrogens is 2. The van der Waals surface area contributed by atoms with E-state index in [1.54, 1.807) is 6.20 Å². The maximum atomic E-state index is 12.4. The third-order valence-corrected chi connectivity index (χ3v) is 4.05. The van der Waals surface area contributed by atoms with Gasteiger partial charge in [-0.3, -0.25) is 0 Å². The molecule has 2 rings (SSSR count). The molecular formula is C17H30N4O2. The number of hydrogen-bond donors (Lipinski definition) is 2. The zero-order chi connectivity index (χ0) is 16.9. The monoisotopic (exact) mass is 322 g/mol. The summed E-state index contributed by atoms with van der Waals surface area (Å²) in [6, 6.07) is 0.561. The molecule has 130 valence electrons. The first-order valence-corrected chi connectivity index (χ1v) is 8.56. The molecule has 0 aliphatic carbocycles. The number of imidazole rings is 1. The van der Waals surface area contributed by atoms with Crippen LogP contribution in [-0.4, -0.2) is 45.2 Å². The van der Waals surface area contributed by atoms with Gasteiger partial charge in [-0.15, -0.1) is 0 Å². The van der Waals surface area contributed by atoms with E-state index in [0.29, 0.717) is 12.6 Å². The van der Waals surface area contributed by atoms with Gasteiger partial charge in [0.05, 0.1) is 6.54 Å². The number of nitrogens with one attached hydrogen (secondary N) is 2. The molecule has 1 aromatic rings. The lowest BCUT2D eigenvalue weighted by molar-refractivity contribution is 0.00788. The molecule has 0 bridgehead atoms. The van der Waals surface area contributed by atoms with E-state index >= 15 is 0 Å². The van der Waals surface area contributed by atoms with Crippen molar-refractivity contribution in [1.82, 2.24) is 20.2 Å².